The second-order valence-electron chi connectivity index (χ2n) is 3.55. The molecule has 0 bridgehead atoms. The second kappa shape index (κ2) is 4.62. The van der Waals surface area contributed by atoms with Crippen LogP contribution in [0.2, 0.25) is 0 Å². The zero-order chi connectivity index (χ0) is 12.3. The summed E-state index contributed by atoms with van der Waals surface area (Å²) in [4.78, 5) is 5.57. The number of phenolic OH excluding ortho intramolecular Hbond substituents is 1. The quantitative estimate of drug-likeness (QED) is 0.613. The molecular formula is C11H12FN3O. The Labute approximate surface area is 93.3 Å². The summed E-state index contributed by atoms with van der Waals surface area (Å²) in [6.07, 6.45) is 1.43. The van der Waals surface area contributed by atoms with Gasteiger partial charge in [-0.15, -0.1) is 0 Å². The standard InChI is InChI=1S/C11H12FN3O/c1-7-10(16)4-9(14-6-15(2)3)8(5-13)11(7)12/h4,6,16H,1-3H3/b14-6+. The summed E-state index contributed by atoms with van der Waals surface area (Å²) in [5, 5.41) is 18.2. The van der Waals surface area contributed by atoms with Crippen molar-refractivity contribution >= 4 is 12.0 Å². The van der Waals surface area contributed by atoms with E-state index in [-0.39, 0.29) is 22.6 Å². The van der Waals surface area contributed by atoms with Crippen LogP contribution in [0.1, 0.15) is 11.1 Å². The summed E-state index contributed by atoms with van der Waals surface area (Å²) >= 11 is 0. The Bertz CT molecular complexity index is 475. The van der Waals surface area contributed by atoms with Crippen molar-refractivity contribution in [3.05, 3.63) is 23.0 Å². The molecule has 5 heteroatoms. The lowest BCUT2D eigenvalue weighted by Crippen LogP contribution is -2.07. The predicted molar refractivity (Wildman–Crippen MR) is 59.4 cm³/mol. The van der Waals surface area contributed by atoms with Gasteiger partial charge in [0.2, 0.25) is 0 Å². The smallest absolute Gasteiger partial charge is 0.149 e. The van der Waals surface area contributed by atoms with E-state index < -0.39 is 5.82 Å². The molecule has 0 unspecified atom stereocenters. The molecule has 0 aliphatic rings. The molecule has 16 heavy (non-hydrogen) atoms. The average Bonchev–Trinajstić information content (AvgIpc) is 2.23. The lowest BCUT2D eigenvalue weighted by atomic mass is 10.1. The highest BCUT2D eigenvalue weighted by Crippen LogP contribution is 2.30. The SMILES string of the molecule is Cc1c(O)cc(/N=C/N(C)C)c(C#N)c1F. The molecule has 1 rings (SSSR count). The molecule has 84 valence electrons. The first-order valence-corrected chi connectivity index (χ1v) is 4.60. The van der Waals surface area contributed by atoms with Crippen molar-refractivity contribution in [3.8, 4) is 11.8 Å². The lowest BCUT2D eigenvalue weighted by molar-refractivity contribution is 0.463. The maximum absolute atomic E-state index is 13.6. The molecule has 0 radical (unpaired) electrons. The number of hydrogen-bond acceptors (Lipinski definition) is 3. The Hall–Kier alpha value is -2.09. The van der Waals surface area contributed by atoms with Crippen LogP contribution >= 0.6 is 0 Å². The van der Waals surface area contributed by atoms with Gasteiger partial charge in [-0.2, -0.15) is 5.26 Å². The number of rotatable bonds is 2. The zero-order valence-corrected chi connectivity index (χ0v) is 9.32. The summed E-state index contributed by atoms with van der Waals surface area (Å²) in [5.74, 6) is -0.934. The fourth-order valence-corrected chi connectivity index (χ4v) is 1.11. The van der Waals surface area contributed by atoms with E-state index in [1.807, 2.05) is 0 Å². The molecule has 0 atom stereocenters. The number of phenols is 1. The average molecular weight is 221 g/mol. The van der Waals surface area contributed by atoms with Crippen molar-refractivity contribution in [1.82, 2.24) is 4.90 Å². The number of aromatic hydroxyl groups is 1. The first kappa shape index (κ1) is 12.0. The van der Waals surface area contributed by atoms with Gasteiger partial charge in [0.05, 0.1) is 12.0 Å². The van der Waals surface area contributed by atoms with Crippen LogP contribution in [0, 0.1) is 24.1 Å². The van der Waals surface area contributed by atoms with Gasteiger partial charge in [-0.05, 0) is 6.92 Å². The fourth-order valence-electron chi connectivity index (χ4n) is 1.11. The number of benzene rings is 1. The Morgan fingerprint density at radius 1 is 1.56 bits per heavy atom. The van der Waals surface area contributed by atoms with Gasteiger partial charge in [0, 0.05) is 25.7 Å². The van der Waals surface area contributed by atoms with E-state index >= 15 is 0 Å². The van der Waals surface area contributed by atoms with Gasteiger partial charge in [-0.3, -0.25) is 0 Å². The molecule has 0 spiro atoms. The monoisotopic (exact) mass is 221 g/mol. The minimum absolute atomic E-state index is 0.0559. The van der Waals surface area contributed by atoms with E-state index in [4.69, 9.17) is 5.26 Å². The van der Waals surface area contributed by atoms with E-state index in [0.29, 0.717) is 0 Å². The van der Waals surface area contributed by atoms with Crippen molar-refractivity contribution in [2.24, 2.45) is 4.99 Å². The first-order valence-electron chi connectivity index (χ1n) is 4.60. The van der Waals surface area contributed by atoms with Crippen LogP contribution in [0.25, 0.3) is 0 Å². The van der Waals surface area contributed by atoms with Crippen molar-refractivity contribution < 1.29 is 9.50 Å². The van der Waals surface area contributed by atoms with E-state index in [2.05, 4.69) is 4.99 Å². The summed E-state index contributed by atoms with van der Waals surface area (Å²) in [7, 11) is 3.50. The van der Waals surface area contributed by atoms with Crippen LogP contribution in [-0.2, 0) is 0 Å². The summed E-state index contributed by atoms with van der Waals surface area (Å²) in [6.45, 7) is 1.41. The van der Waals surface area contributed by atoms with Crippen LogP contribution in [0.15, 0.2) is 11.1 Å². The molecule has 1 N–H and O–H groups in total. The number of aliphatic imine (C=N–C) groups is 1. The lowest BCUT2D eigenvalue weighted by Gasteiger charge is -2.07. The zero-order valence-electron chi connectivity index (χ0n) is 9.32. The van der Waals surface area contributed by atoms with E-state index in [1.54, 1.807) is 25.1 Å². The highest BCUT2D eigenvalue weighted by atomic mass is 19.1. The molecule has 1 aromatic carbocycles. The minimum atomic E-state index is -0.728. The summed E-state index contributed by atoms with van der Waals surface area (Å²) < 4.78 is 13.6. The van der Waals surface area contributed by atoms with Crippen LogP contribution < -0.4 is 0 Å². The maximum Gasteiger partial charge on any atom is 0.149 e. The molecule has 0 aliphatic heterocycles. The molecule has 0 heterocycles. The van der Waals surface area contributed by atoms with Crippen molar-refractivity contribution in [2.45, 2.75) is 6.92 Å². The molecule has 0 aromatic heterocycles. The summed E-state index contributed by atoms with van der Waals surface area (Å²) in [6, 6.07) is 3.01. The molecule has 0 amide bonds. The van der Waals surface area contributed by atoms with Crippen LogP contribution in [0.4, 0.5) is 10.1 Å². The van der Waals surface area contributed by atoms with Crippen molar-refractivity contribution in [3.63, 3.8) is 0 Å². The molecular weight excluding hydrogens is 209 g/mol. The Morgan fingerprint density at radius 3 is 2.69 bits per heavy atom. The predicted octanol–water partition coefficient (Wildman–Crippen LogP) is 1.93. The number of halogens is 1. The van der Waals surface area contributed by atoms with Gasteiger partial charge >= 0.3 is 0 Å². The normalized spacial score (nSPS) is 10.4. The largest absolute Gasteiger partial charge is 0.507 e. The maximum atomic E-state index is 13.6. The Balaban J connectivity index is 3.35. The van der Waals surface area contributed by atoms with Gasteiger partial charge in [0.25, 0.3) is 0 Å². The van der Waals surface area contributed by atoms with Gasteiger partial charge in [0.1, 0.15) is 23.2 Å². The van der Waals surface area contributed by atoms with Crippen LogP contribution in [-0.4, -0.2) is 30.4 Å². The molecule has 0 saturated heterocycles. The fraction of sp³-hybridized carbons (Fsp3) is 0.273. The molecule has 0 saturated carbocycles. The van der Waals surface area contributed by atoms with Crippen molar-refractivity contribution in [2.75, 3.05) is 14.1 Å². The molecule has 0 aliphatic carbocycles. The molecule has 0 fully saturated rings. The highest BCUT2D eigenvalue weighted by molar-refractivity contribution is 5.67. The second-order valence-corrected chi connectivity index (χ2v) is 3.55. The van der Waals surface area contributed by atoms with Gasteiger partial charge in [-0.25, -0.2) is 9.38 Å². The number of nitrogens with zero attached hydrogens (tertiary/aromatic N) is 3. The molecule has 1 aromatic rings. The van der Waals surface area contributed by atoms with Gasteiger partial charge in [0.15, 0.2) is 0 Å². The third-order valence-electron chi connectivity index (χ3n) is 2.00. The van der Waals surface area contributed by atoms with E-state index in [1.165, 1.54) is 19.3 Å². The van der Waals surface area contributed by atoms with Crippen molar-refractivity contribution in [1.29, 1.82) is 5.26 Å². The molecule has 4 nitrogen and oxygen atoms in total. The Kier molecular flexibility index (Phi) is 3.46. The van der Waals surface area contributed by atoms with Crippen LogP contribution in [0.3, 0.4) is 0 Å². The van der Waals surface area contributed by atoms with E-state index in [0.717, 1.165) is 0 Å². The van der Waals surface area contributed by atoms with Crippen LogP contribution in [0.5, 0.6) is 5.75 Å². The van der Waals surface area contributed by atoms with Gasteiger partial charge < -0.3 is 10.0 Å². The number of hydrogen-bond donors (Lipinski definition) is 1. The number of nitriles is 1. The highest BCUT2D eigenvalue weighted by Gasteiger charge is 2.14. The summed E-state index contributed by atoms with van der Waals surface area (Å²) in [5.41, 5.74) is 0.0190. The third kappa shape index (κ3) is 2.28. The Morgan fingerprint density at radius 2 is 2.19 bits per heavy atom. The first-order chi connectivity index (χ1) is 7.47. The van der Waals surface area contributed by atoms with Gasteiger partial charge in [-0.1, -0.05) is 0 Å². The minimum Gasteiger partial charge on any atom is -0.507 e. The third-order valence-corrected chi connectivity index (χ3v) is 2.00. The topological polar surface area (TPSA) is 59.6 Å². The van der Waals surface area contributed by atoms with E-state index in [9.17, 15) is 9.50 Å².